The number of hydrogen-bond acceptors (Lipinski definition) is 7. The molecule has 1 heterocycles. The molecule has 1 unspecified atom stereocenters. The van der Waals surface area contributed by atoms with Gasteiger partial charge in [-0.2, -0.15) is 4.91 Å². The van der Waals surface area contributed by atoms with E-state index in [1.807, 2.05) is 6.92 Å². The maximum absolute atomic E-state index is 11.6. The average Bonchev–Trinajstić information content (AvgIpc) is 3.13. The molecule has 1 aliphatic carbocycles. The Kier molecular flexibility index (Phi) is 5.46. The Hall–Kier alpha value is -1.12. The zero-order chi connectivity index (χ0) is 16.3. The summed E-state index contributed by atoms with van der Waals surface area (Å²) in [6, 6.07) is -0.495. The second-order valence-electron chi connectivity index (χ2n) is 6.58. The molecule has 22 heavy (non-hydrogen) atoms. The van der Waals surface area contributed by atoms with Crippen LogP contribution in [0.3, 0.4) is 0 Å². The van der Waals surface area contributed by atoms with E-state index < -0.39 is 11.6 Å². The van der Waals surface area contributed by atoms with Gasteiger partial charge >= 0.3 is 0 Å². The molecule has 2 fully saturated rings. The summed E-state index contributed by atoms with van der Waals surface area (Å²) in [7, 11) is 2.06. The highest BCUT2D eigenvalue weighted by molar-refractivity contribution is 5.22. The van der Waals surface area contributed by atoms with Crippen LogP contribution in [0, 0.1) is 26.9 Å². The Morgan fingerprint density at radius 1 is 1.50 bits per heavy atom. The molecular formula is C14H27N5O3. The van der Waals surface area contributed by atoms with Crippen LogP contribution >= 0.6 is 0 Å². The second-order valence-corrected chi connectivity index (χ2v) is 6.58. The summed E-state index contributed by atoms with van der Waals surface area (Å²) in [4.78, 5) is 24.5. The summed E-state index contributed by atoms with van der Waals surface area (Å²) in [6.45, 7) is 6.99. The van der Waals surface area contributed by atoms with Gasteiger partial charge < -0.3 is 4.90 Å². The maximum Gasteiger partial charge on any atom is 0.258 e. The molecule has 5 atom stereocenters. The molecule has 1 saturated carbocycles. The monoisotopic (exact) mass is 313 g/mol. The Balaban J connectivity index is 1.91. The molecule has 0 aromatic carbocycles. The van der Waals surface area contributed by atoms with Gasteiger partial charge in [0.25, 0.3) is 5.54 Å². The maximum atomic E-state index is 11.6. The number of rotatable bonds is 9. The zero-order valence-electron chi connectivity index (χ0n) is 13.6. The highest BCUT2D eigenvalue weighted by atomic mass is 16.6. The van der Waals surface area contributed by atoms with Gasteiger partial charge in [-0.3, -0.25) is 20.7 Å². The predicted octanol–water partition coefficient (Wildman–Crippen LogP) is 0.654. The van der Waals surface area contributed by atoms with Crippen molar-refractivity contribution in [1.29, 1.82) is 0 Å². The van der Waals surface area contributed by atoms with Crippen LogP contribution in [0.5, 0.6) is 0 Å². The Bertz CT molecular complexity index is 421. The normalized spacial score (nSPS) is 36.9. The smallest absolute Gasteiger partial charge is 0.258 e. The van der Waals surface area contributed by atoms with Crippen LogP contribution in [0.25, 0.3) is 0 Å². The summed E-state index contributed by atoms with van der Waals surface area (Å²) >= 11 is 0. The van der Waals surface area contributed by atoms with Gasteiger partial charge in [-0.25, -0.2) is 0 Å². The molecule has 0 aromatic rings. The minimum atomic E-state index is -1.08. The van der Waals surface area contributed by atoms with Crippen molar-refractivity contribution >= 4 is 0 Å². The zero-order valence-corrected chi connectivity index (χ0v) is 13.6. The molecule has 0 radical (unpaired) electrons. The first-order valence-electron chi connectivity index (χ1n) is 8.12. The van der Waals surface area contributed by atoms with E-state index in [1.54, 1.807) is 0 Å². The fourth-order valence-corrected chi connectivity index (χ4v) is 3.90. The molecule has 0 bridgehead atoms. The molecule has 1 saturated heterocycles. The minimum absolute atomic E-state index is 0.129. The van der Waals surface area contributed by atoms with Gasteiger partial charge in [-0.1, -0.05) is 25.4 Å². The van der Waals surface area contributed by atoms with E-state index >= 15 is 0 Å². The van der Waals surface area contributed by atoms with E-state index in [0.29, 0.717) is 13.1 Å². The first kappa shape index (κ1) is 17.2. The molecule has 1 aliphatic heterocycles. The third-order valence-electron chi connectivity index (χ3n) is 5.29. The molecule has 2 aliphatic rings. The summed E-state index contributed by atoms with van der Waals surface area (Å²) in [5.41, 5.74) is -1.08. The van der Waals surface area contributed by atoms with Crippen LogP contribution in [0.2, 0.25) is 0 Å². The number of nitro groups is 1. The van der Waals surface area contributed by atoms with Gasteiger partial charge in [0.15, 0.2) is 0 Å². The Morgan fingerprint density at radius 3 is 2.82 bits per heavy atom. The molecule has 8 heteroatoms. The Labute approximate surface area is 131 Å². The number of hydrogen-bond donors (Lipinski definition) is 2. The number of fused-ring (bicyclic) bond motifs is 1. The lowest BCUT2D eigenvalue weighted by Gasteiger charge is -2.30. The lowest BCUT2D eigenvalue weighted by Crippen LogP contribution is -2.62. The van der Waals surface area contributed by atoms with Crippen LogP contribution in [0.4, 0.5) is 0 Å². The SMILES string of the molecule is CCCCN(C)CCNC1NC[C@H](N=O)[C@@H]2[C@H](C)[C@]12[N+](=O)[O-]. The van der Waals surface area contributed by atoms with Gasteiger partial charge in [-0.15, -0.1) is 0 Å². The average molecular weight is 313 g/mol. The van der Waals surface area contributed by atoms with Gasteiger partial charge in [0.1, 0.15) is 12.2 Å². The molecule has 0 spiro atoms. The lowest BCUT2D eigenvalue weighted by molar-refractivity contribution is -0.554. The molecule has 0 amide bonds. The van der Waals surface area contributed by atoms with E-state index in [4.69, 9.17) is 0 Å². The predicted molar refractivity (Wildman–Crippen MR) is 84.2 cm³/mol. The first-order valence-corrected chi connectivity index (χ1v) is 8.12. The van der Waals surface area contributed by atoms with E-state index in [-0.39, 0.29) is 22.9 Å². The van der Waals surface area contributed by atoms with Crippen molar-refractivity contribution in [1.82, 2.24) is 15.5 Å². The fraction of sp³-hybridized carbons (Fsp3) is 1.00. The fourth-order valence-electron chi connectivity index (χ4n) is 3.90. The van der Waals surface area contributed by atoms with Crippen molar-refractivity contribution in [2.75, 3.05) is 33.2 Å². The van der Waals surface area contributed by atoms with E-state index in [1.165, 1.54) is 0 Å². The highest BCUT2D eigenvalue weighted by Crippen LogP contribution is 2.58. The topological polar surface area (TPSA) is 99.9 Å². The van der Waals surface area contributed by atoms with Crippen molar-refractivity contribution < 1.29 is 4.92 Å². The number of unbranched alkanes of at least 4 members (excludes halogenated alkanes) is 1. The van der Waals surface area contributed by atoms with Gasteiger partial charge in [0.05, 0.1) is 5.92 Å². The van der Waals surface area contributed by atoms with Crippen molar-refractivity contribution in [2.45, 2.75) is 44.4 Å². The van der Waals surface area contributed by atoms with Crippen LogP contribution in [0.1, 0.15) is 26.7 Å². The van der Waals surface area contributed by atoms with E-state index in [2.05, 4.69) is 34.7 Å². The van der Waals surface area contributed by atoms with E-state index in [9.17, 15) is 15.0 Å². The van der Waals surface area contributed by atoms with Crippen molar-refractivity contribution in [3.05, 3.63) is 15.0 Å². The van der Waals surface area contributed by atoms with Crippen molar-refractivity contribution in [3.8, 4) is 0 Å². The molecule has 126 valence electrons. The minimum Gasteiger partial charge on any atom is -0.305 e. The second kappa shape index (κ2) is 6.97. The molecule has 2 N–H and O–H groups in total. The van der Waals surface area contributed by atoms with Crippen molar-refractivity contribution in [2.24, 2.45) is 17.0 Å². The summed E-state index contributed by atoms with van der Waals surface area (Å²) in [6.07, 6.45) is 1.93. The summed E-state index contributed by atoms with van der Waals surface area (Å²) in [5, 5.41) is 21.1. The molecule has 0 aromatic heterocycles. The van der Waals surface area contributed by atoms with Crippen LogP contribution in [-0.4, -0.2) is 60.8 Å². The number of nitrogens with zero attached hydrogens (tertiary/aromatic N) is 3. The van der Waals surface area contributed by atoms with Crippen LogP contribution in [-0.2, 0) is 0 Å². The summed E-state index contributed by atoms with van der Waals surface area (Å²) in [5.74, 6) is -0.382. The molecular weight excluding hydrogens is 286 g/mol. The van der Waals surface area contributed by atoms with Gasteiger partial charge in [-0.05, 0) is 20.0 Å². The standard InChI is InChI=1S/C14H27N5O3/c1-4-5-7-18(3)8-6-15-13-14(19(21)22)10(2)12(14)11(17-20)9-16-13/h10-13,15-16H,4-9H2,1-3H3/t10-,11-,12-,13?,14+/m0/s1. The molecule has 8 nitrogen and oxygen atoms in total. The Morgan fingerprint density at radius 2 is 2.23 bits per heavy atom. The lowest BCUT2D eigenvalue weighted by atomic mass is 10.0. The summed E-state index contributed by atoms with van der Waals surface area (Å²) < 4.78 is 0. The van der Waals surface area contributed by atoms with Gasteiger partial charge in [0.2, 0.25) is 0 Å². The highest BCUT2D eigenvalue weighted by Gasteiger charge is 2.81. The molecule has 2 rings (SSSR count). The van der Waals surface area contributed by atoms with Gasteiger partial charge in [0, 0.05) is 30.5 Å². The number of likely N-dealkylation sites (N-methyl/N-ethyl adjacent to an activating group) is 1. The van der Waals surface area contributed by atoms with Crippen LogP contribution in [0.15, 0.2) is 5.18 Å². The number of piperidine rings is 1. The van der Waals surface area contributed by atoms with E-state index in [0.717, 1.165) is 25.9 Å². The van der Waals surface area contributed by atoms with Crippen molar-refractivity contribution in [3.63, 3.8) is 0 Å². The number of nitroso groups, excluding NO2 is 1. The largest absolute Gasteiger partial charge is 0.305 e. The first-order chi connectivity index (χ1) is 10.5. The third kappa shape index (κ3) is 2.87. The van der Waals surface area contributed by atoms with Crippen LogP contribution < -0.4 is 10.6 Å². The quantitative estimate of drug-likeness (QED) is 0.368. The number of nitrogens with one attached hydrogen (secondary N) is 2. The third-order valence-corrected chi connectivity index (χ3v) is 5.29.